The number of piperidine rings is 1. The van der Waals surface area contributed by atoms with Crippen molar-refractivity contribution >= 4 is 21.4 Å². The second-order valence-corrected chi connectivity index (χ2v) is 8.50. The van der Waals surface area contributed by atoms with Gasteiger partial charge in [0.2, 0.25) is 10.1 Å². The fourth-order valence-electron chi connectivity index (χ4n) is 3.86. The molecule has 0 amide bonds. The average molecular weight is 413 g/mol. The number of fused-ring (bicyclic) bond motifs is 1. The van der Waals surface area contributed by atoms with Crippen LogP contribution in [0.4, 0.5) is 5.13 Å². The van der Waals surface area contributed by atoms with Crippen molar-refractivity contribution in [2.45, 2.75) is 46.0 Å². The van der Waals surface area contributed by atoms with Crippen LogP contribution in [-0.4, -0.2) is 34.3 Å². The van der Waals surface area contributed by atoms with Crippen molar-refractivity contribution in [3.8, 4) is 5.75 Å². The summed E-state index contributed by atoms with van der Waals surface area (Å²) in [6.07, 6.45) is 5.41. The van der Waals surface area contributed by atoms with E-state index in [0.717, 1.165) is 61.3 Å². The Morgan fingerprint density at radius 1 is 1.17 bits per heavy atom. The van der Waals surface area contributed by atoms with E-state index in [-0.39, 0.29) is 5.56 Å². The molecule has 7 heteroatoms. The molecular formula is C22H28N4O2S. The molecule has 0 bridgehead atoms. The number of aryl methyl sites for hydroxylation is 2. The number of aromatic nitrogens is 3. The molecule has 0 unspecified atom stereocenters. The minimum atomic E-state index is -0.0837. The van der Waals surface area contributed by atoms with E-state index in [1.54, 1.807) is 6.07 Å². The highest BCUT2D eigenvalue weighted by molar-refractivity contribution is 7.20. The van der Waals surface area contributed by atoms with E-state index in [4.69, 9.17) is 4.74 Å². The number of rotatable bonds is 7. The number of hydrogen-bond donors (Lipinski definition) is 0. The van der Waals surface area contributed by atoms with Crippen LogP contribution in [-0.2, 0) is 12.8 Å². The number of benzene rings is 1. The first-order chi connectivity index (χ1) is 14.2. The van der Waals surface area contributed by atoms with Gasteiger partial charge in [-0.2, -0.15) is 4.52 Å². The molecule has 0 atom stereocenters. The van der Waals surface area contributed by atoms with Crippen molar-refractivity contribution in [3.05, 3.63) is 51.9 Å². The zero-order valence-electron chi connectivity index (χ0n) is 17.1. The molecule has 1 fully saturated rings. The molecule has 0 saturated carbocycles. The molecule has 1 aliphatic rings. The van der Waals surface area contributed by atoms with E-state index in [9.17, 15) is 4.79 Å². The third kappa shape index (κ3) is 4.61. The predicted octanol–water partition coefficient (Wildman–Crippen LogP) is 3.96. The van der Waals surface area contributed by atoms with E-state index < -0.39 is 0 Å². The van der Waals surface area contributed by atoms with E-state index in [1.165, 1.54) is 27.8 Å². The van der Waals surface area contributed by atoms with Crippen molar-refractivity contribution in [3.63, 3.8) is 0 Å². The summed E-state index contributed by atoms with van der Waals surface area (Å²) in [4.78, 5) is 19.8. The van der Waals surface area contributed by atoms with Crippen LogP contribution in [0.3, 0.4) is 0 Å². The van der Waals surface area contributed by atoms with Crippen molar-refractivity contribution in [2.75, 3.05) is 24.6 Å². The average Bonchev–Trinajstić information content (AvgIpc) is 3.18. The fraction of sp³-hybridized carbons (Fsp3) is 0.500. The lowest BCUT2D eigenvalue weighted by Gasteiger charge is -2.31. The maximum absolute atomic E-state index is 12.2. The molecule has 0 N–H and O–H groups in total. The Kier molecular flexibility index (Phi) is 6.13. The first-order valence-corrected chi connectivity index (χ1v) is 11.3. The number of hydrogen-bond acceptors (Lipinski definition) is 6. The van der Waals surface area contributed by atoms with Crippen LogP contribution in [0, 0.1) is 5.92 Å². The van der Waals surface area contributed by atoms with Crippen molar-refractivity contribution < 1.29 is 4.74 Å². The SMILES string of the molecule is CCOc1ccc(CCC2CCN(c3nn4c(=O)cc(CC)nc4s3)CC2)cc1. The Bertz CT molecular complexity index is 1000. The molecule has 0 spiro atoms. The van der Waals surface area contributed by atoms with E-state index >= 15 is 0 Å². The second kappa shape index (κ2) is 8.95. The number of nitrogens with zero attached hydrogens (tertiary/aromatic N) is 4. The van der Waals surface area contributed by atoms with E-state index in [1.807, 2.05) is 13.8 Å². The monoisotopic (exact) mass is 412 g/mol. The van der Waals surface area contributed by atoms with Gasteiger partial charge in [0.05, 0.1) is 6.61 Å². The van der Waals surface area contributed by atoms with Gasteiger partial charge in [0, 0.05) is 24.8 Å². The lowest BCUT2D eigenvalue weighted by molar-refractivity contribution is 0.340. The number of anilines is 1. The first kappa shape index (κ1) is 19.9. The Morgan fingerprint density at radius 3 is 2.62 bits per heavy atom. The molecular weight excluding hydrogens is 384 g/mol. The van der Waals surface area contributed by atoms with Crippen molar-refractivity contribution in [2.24, 2.45) is 5.92 Å². The quantitative estimate of drug-likeness (QED) is 0.588. The smallest absolute Gasteiger partial charge is 0.275 e. The Balaban J connectivity index is 1.33. The minimum Gasteiger partial charge on any atom is -0.494 e. The molecule has 2 aromatic heterocycles. The summed E-state index contributed by atoms with van der Waals surface area (Å²) in [7, 11) is 0. The standard InChI is InChI=1S/C22H28N4O2S/c1-3-18-15-20(27)26-21(23-18)29-22(24-26)25-13-11-17(12-14-25)6-5-16-7-9-19(10-8-16)28-4-2/h7-10,15,17H,3-6,11-14H2,1-2H3. The van der Waals surface area contributed by atoms with Crippen molar-refractivity contribution in [1.82, 2.24) is 14.6 Å². The third-order valence-corrected chi connectivity index (χ3v) is 6.58. The van der Waals surface area contributed by atoms with Gasteiger partial charge in [0.25, 0.3) is 5.56 Å². The molecule has 0 aliphatic carbocycles. The van der Waals surface area contributed by atoms with Gasteiger partial charge in [-0.1, -0.05) is 30.4 Å². The van der Waals surface area contributed by atoms with Crippen LogP contribution in [0.15, 0.2) is 35.1 Å². The maximum atomic E-state index is 12.2. The van der Waals surface area contributed by atoms with Crippen LogP contribution in [0.2, 0.25) is 0 Å². The molecule has 4 rings (SSSR count). The summed E-state index contributed by atoms with van der Waals surface area (Å²) in [5.41, 5.74) is 2.12. The van der Waals surface area contributed by atoms with Crippen LogP contribution in [0.25, 0.3) is 4.96 Å². The molecule has 29 heavy (non-hydrogen) atoms. The van der Waals surface area contributed by atoms with E-state index in [0.29, 0.717) is 11.6 Å². The topological polar surface area (TPSA) is 59.7 Å². The van der Waals surface area contributed by atoms with Gasteiger partial charge >= 0.3 is 0 Å². The molecule has 1 saturated heterocycles. The molecule has 6 nitrogen and oxygen atoms in total. The Morgan fingerprint density at radius 2 is 1.93 bits per heavy atom. The largest absolute Gasteiger partial charge is 0.494 e. The maximum Gasteiger partial charge on any atom is 0.275 e. The summed E-state index contributed by atoms with van der Waals surface area (Å²) in [5.74, 6) is 1.68. The van der Waals surface area contributed by atoms with Crippen LogP contribution >= 0.6 is 11.3 Å². The van der Waals surface area contributed by atoms with E-state index in [2.05, 4.69) is 39.2 Å². The molecule has 1 aliphatic heterocycles. The van der Waals surface area contributed by atoms with Gasteiger partial charge in [-0.05, 0) is 62.6 Å². The Labute approximate surface area is 175 Å². The van der Waals surface area contributed by atoms with Gasteiger partial charge in [0.15, 0.2) is 0 Å². The van der Waals surface area contributed by atoms with Gasteiger partial charge in [-0.25, -0.2) is 4.98 Å². The van der Waals surface area contributed by atoms with Gasteiger partial charge in [-0.3, -0.25) is 4.79 Å². The summed E-state index contributed by atoms with van der Waals surface area (Å²) in [5, 5.41) is 5.44. The Hall–Kier alpha value is -2.41. The second-order valence-electron chi connectivity index (χ2n) is 7.56. The molecule has 3 heterocycles. The lowest BCUT2D eigenvalue weighted by atomic mass is 9.91. The predicted molar refractivity (Wildman–Crippen MR) is 117 cm³/mol. The molecule has 0 radical (unpaired) electrons. The van der Waals surface area contributed by atoms with Crippen LogP contribution in [0.1, 0.15) is 44.4 Å². The summed E-state index contributed by atoms with van der Waals surface area (Å²) >= 11 is 1.52. The summed E-state index contributed by atoms with van der Waals surface area (Å²) < 4.78 is 6.96. The molecule has 1 aromatic carbocycles. The normalized spacial score (nSPS) is 15.2. The van der Waals surface area contributed by atoms with Crippen LogP contribution < -0.4 is 15.2 Å². The zero-order chi connectivity index (χ0) is 20.2. The van der Waals surface area contributed by atoms with Crippen molar-refractivity contribution in [1.29, 1.82) is 0 Å². The highest BCUT2D eigenvalue weighted by Gasteiger charge is 2.22. The summed E-state index contributed by atoms with van der Waals surface area (Å²) in [6, 6.07) is 10.1. The lowest BCUT2D eigenvalue weighted by Crippen LogP contribution is -2.34. The van der Waals surface area contributed by atoms with Crippen LogP contribution in [0.5, 0.6) is 5.75 Å². The van der Waals surface area contributed by atoms with Gasteiger partial charge in [-0.15, -0.1) is 5.10 Å². The zero-order valence-corrected chi connectivity index (χ0v) is 18.0. The van der Waals surface area contributed by atoms with Gasteiger partial charge in [0.1, 0.15) is 5.75 Å². The highest BCUT2D eigenvalue weighted by Crippen LogP contribution is 2.29. The van der Waals surface area contributed by atoms with Gasteiger partial charge < -0.3 is 9.64 Å². The summed E-state index contributed by atoms with van der Waals surface area (Å²) in [6.45, 7) is 6.70. The third-order valence-electron chi connectivity index (χ3n) is 5.61. The molecule has 154 valence electrons. The minimum absolute atomic E-state index is 0.0837. The first-order valence-electron chi connectivity index (χ1n) is 10.5. The number of ether oxygens (including phenoxy) is 1. The highest BCUT2D eigenvalue weighted by atomic mass is 32.1. The molecule has 3 aromatic rings. The fourth-order valence-corrected chi connectivity index (χ4v) is 4.84.